The summed E-state index contributed by atoms with van der Waals surface area (Å²) in [6, 6.07) is 7.88. The summed E-state index contributed by atoms with van der Waals surface area (Å²) in [4.78, 5) is 0. The Kier molecular flexibility index (Phi) is 3.32. The van der Waals surface area contributed by atoms with Crippen molar-refractivity contribution in [1.29, 1.82) is 0 Å². The molecule has 1 rings (SSSR count). The maximum Gasteiger partial charge on any atom is 0.0349 e. The van der Waals surface area contributed by atoms with Gasteiger partial charge in [0.05, 0.1) is 0 Å². The van der Waals surface area contributed by atoms with Gasteiger partial charge in [0.25, 0.3) is 0 Å². The number of hydrogen-bond acceptors (Lipinski definition) is 1. The van der Waals surface area contributed by atoms with Crippen molar-refractivity contribution >= 4 is 5.69 Å². The van der Waals surface area contributed by atoms with Gasteiger partial charge in [-0.05, 0) is 25.0 Å². The van der Waals surface area contributed by atoms with Crippen LogP contribution in [-0.2, 0) is 6.42 Å². The highest BCUT2D eigenvalue weighted by Gasteiger charge is 1.97. The van der Waals surface area contributed by atoms with Crippen molar-refractivity contribution in [2.45, 2.75) is 13.3 Å². The van der Waals surface area contributed by atoms with Crippen molar-refractivity contribution in [3.05, 3.63) is 54.1 Å². The summed E-state index contributed by atoms with van der Waals surface area (Å²) in [5.74, 6) is 0. The van der Waals surface area contributed by atoms with E-state index in [1.165, 1.54) is 0 Å². The average Bonchev–Trinajstić information content (AvgIpc) is 2.09. The molecule has 13 heavy (non-hydrogen) atoms. The molecule has 0 unspecified atom stereocenters. The minimum atomic E-state index is 0.830. The molecule has 1 heteroatoms. The summed E-state index contributed by atoms with van der Waals surface area (Å²) in [6.45, 7) is 5.92. The molecular formula is C12H15N. The fraction of sp³-hybridized carbons (Fsp3) is 0.167. The molecule has 1 nitrogen and oxygen atoms in total. The van der Waals surface area contributed by atoms with Crippen molar-refractivity contribution in [2.24, 2.45) is 0 Å². The second kappa shape index (κ2) is 4.51. The largest absolute Gasteiger partial charge is 0.398 e. The van der Waals surface area contributed by atoms with Crippen molar-refractivity contribution < 1.29 is 0 Å². The molecule has 0 heterocycles. The maximum atomic E-state index is 5.80. The van der Waals surface area contributed by atoms with Crippen LogP contribution in [0.25, 0.3) is 0 Å². The van der Waals surface area contributed by atoms with E-state index in [4.69, 9.17) is 5.73 Å². The van der Waals surface area contributed by atoms with Gasteiger partial charge < -0.3 is 5.73 Å². The van der Waals surface area contributed by atoms with Crippen LogP contribution in [0.4, 0.5) is 5.69 Å². The third kappa shape index (κ3) is 2.79. The summed E-state index contributed by atoms with van der Waals surface area (Å²) in [5.41, 5.74) is 8.87. The van der Waals surface area contributed by atoms with Gasteiger partial charge in [-0.25, -0.2) is 0 Å². The van der Waals surface area contributed by atoms with E-state index in [-0.39, 0.29) is 0 Å². The number of hydrogen-bond donors (Lipinski definition) is 1. The zero-order valence-electron chi connectivity index (χ0n) is 7.96. The van der Waals surface area contributed by atoms with E-state index < -0.39 is 0 Å². The normalized spacial score (nSPS) is 10.5. The molecule has 0 radical (unpaired) electrons. The first-order valence-corrected chi connectivity index (χ1v) is 4.38. The summed E-state index contributed by atoms with van der Waals surface area (Å²) >= 11 is 0. The molecule has 68 valence electrons. The number of benzene rings is 1. The zero-order chi connectivity index (χ0) is 9.68. The first-order chi connectivity index (χ1) is 6.24. The van der Waals surface area contributed by atoms with Gasteiger partial charge in [-0.2, -0.15) is 0 Å². The van der Waals surface area contributed by atoms with Crippen molar-refractivity contribution in [3.63, 3.8) is 0 Å². The Balaban J connectivity index is 2.74. The fourth-order valence-corrected chi connectivity index (χ4v) is 1.23. The molecule has 0 spiro atoms. The molecule has 0 amide bonds. The third-order valence-electron chi connectivity index (χ3n) is 1.87. The smallest absolute Gasteiger partial charge is 0.0349 e. The number of rotatable bonds is 3. The van der Waals surface area contributed by atoms with Crippen molar-refractivity contribution in [1.82, 2.24) is 0 Å². The highest BCUT2D eigenvalue weighted by molar-refractivity contribution is 5.48. The number of anilines is 1. The predicted octanol–water partition coefficient (Wildman–Crippen LogP) is 2.94. The number of allylic oxidation sites excluding steroid dienone is 3. The molecule has 0 saturated carbocycles. The molecular weight excluding hydrogens is 158 g/mol. The highest BCUT2D eigenvalue weighted by Crippen LogP contribution is 2.14. The van der Waals surface area contributed by atoms with Crippen LogP contribution in [0.3, 0.4) is 0 Å². The number of nitrogens with two attached hydrogens (primary N) is 1. The first kappa shape index (κ1) is 9.59. The quantitative estimate of drug-likeness (QED) is 0.552. The van der Waals surface area contributed by atoms with E-state index in [0.717, 1.165) is 23.2 Å². The van der Waals surface area contributed by atoms with Gasteiger partial charge in [-0.3, -0.25) is 0 Å². The van der Waals surface area contributed by atoms with Gasteiger partial charge in [0.15, 0.2) is 0 Å². The van der Waals surface area contributed by atoms with E-state index in [9.17, 15) is 0 Å². The molecule has 0 saturated heterocycles. The van der Waals surface area contributed by atoms with E-state index in [1.807, 2.05) is 43.3 Å². The number of nitrogen functional groups attached to an aromatic ring is 1. The summed E-state index contributed by atoms with van der Waals surface area (Å²) in [7, 11) is 0. The average molecular weight is 173 g/mol. The second-order valence-electron chi connectivity index (χ2n) is 3.03. The molecule has 0 aliphatic heterocycles. The van der Waals surface area contributed by atoms with E-state index in [1.54, 1.807) is 0 Å². The van der Waals surface area contributed by atoms with Crippen LogP contribution in [0.15, 0.2) is 48.6 Å². The van der Waals surface area contributed by atoms with Gasteiger partial charge in [-0.1, -0.05) is 42.5 Å². The molecule has 0 aliphatic rings. The molecule has 0 aromatic heterocycles. The molecule has 0 fully saturated rings. The standard InChI is InChI=1S/C12H15N/c1-3-6-10(2)9-11-7-4-5-8-12(11)13/h3-8H,2,9,13H2,1H3/b6-3-. The van der Waals surface area contributed by atoms with E-state index >= 15 is 0 Å². The fourth-order valence-electron chi connectivity index (χ4n) is 1.23. The Morgan fingerprint density at radius 2 is 2.15 bits per heavy atom. The lowest BCUT2D eigenvalue weighted by atomic mass is 10.0. The molecule has 0 bridgehead atoms. The Morgan fingerprint density at radius 1 is 1.46 bits per heavy atom. The summed E-state index contributed by atoms with van der Waals surface area (Å²) in [5, 5.41) is 0. The Hall–Kier alpha value is -1.50. The van der Waals surface area contributed by atoms with Crippen LogP contribution in [-0.4, -0.2) is 0 Å². The Labute approximate surface area is 79.6 Å². The molecule has 1 aromatic rings. The van der Waals surface area contributed by atoms with Gasteiger partial charge in [0, 0.05) is 5.69 Å². The van der Waals surface area contributed by atoms with Crippen molar-refractivity contribution in [2.75, 3.05) is 5.73 Å². The molecule has 0 aliphatic carbocycles. The van der Waals surface area contributed by atoms with E-state index in [0.29, 0.717) is 0 Å². The molecule has 0 atom stereocenters. The lowest BCUT2D eigenvalue weighted by Gasteiger charge is -2.04. The van der Waals surface area contributed by atoms with Crippen LogP contribution in [0.2, 0.25) is 0 Å². The van der Waals surface area contributed by atoms with Crippen molar-refractivity contribution in [3.8, 4) is 0 Å². The molecule has 1 aromatic carbocycles. The van der Waals surface area contributed by atoms with E-state index in [2.05, 4.69) is 6.58 Å². The summed E-state index contributed by atoms with van der Waals surface area (Å²) in [6.07, 6.45) is 4.82. The van der Waals surface area contributed by atoms with Crippen LogP contribution in [0, 0.1) is 0 Å². The van der Waals surface area contributed by atoms with Crippen LogP contribution in [0.1, 0.15) is 12.5 Å². The Morgan fingerprint density at radius 3 is 2.77 bits per heavy atom. The second-order valence-corrected chi connectivity index (χ2v) is 3.03. The maximum absolute atomic E-state index is 5.80. The minimum Gasteiger partial charge on any atom is -0.398 e. The number of para-hydroxylation sites is 1. The third-order valence-corrected chi connectivity index (χ3v) is 1.87. The predicted molar refractivity (Wildman–Crippen MR) is 58.5 cm³/mol. The minimum absolute atomic E-state index is 0.830. The van der Waals surface area contributed by atoms with Crippen LogP contribution >= 0.6 is 0 Å². The van der Waals surface area contributed by atoms with Crippen LogP contribution < -0.4 is 5.73 Å². The zero-order valence-corrected chi connectivity index (χ0v) is 7.96. The van der Waals surface area contributed by atoms with Gasteiger partial charge in [-0.15, -0.1) is 0 Å². The van der Waals surface area contributed by atoms with Gasteiger partial charge >= 0.3 is 0 Å². The lowest BCUT2D eigenvalue weighted by molar-refractivity contribution is 1.21. The van der Waals surface area contributed by atoms with Gasteiger partial charge in [0.2, 0.25) is 0 Å². The van der Waals surface area contributed by atoms with Gasteiger partial charge in [0.1, 0.15) is 0 Å². The lowest BCUT2D eigenvalue weighted by Crippen LogP contribution is -1.94. The monoisotopic (exact) mass is 173 g/mol. The van der Waals surface area contributed by atoms with Crippen LogP contribution in [0.5, 0.6) is 0 Å². The highest BCUT2D eigenvalue weighted by atomic mass is 14.6. The Bertz CT molecular complexity index is 324. The molecule has 2 N–H and O–H groups in total. The summed E-state index contributed by atoms with van der Waals surface area (Å²) < 4.78 is 0. The SMILES string of the molecule is C=C(/C=C\C)Cc1ccccc1N. The first-order valence-electron chi connectivity index (χ1n) is 4.38. The topological polar surface area (TPSA) is 26.0 Å².